The van der Waals surface area contributed by atoms with Crippen LogP contribution in [0.3, 0.4) is 0 Å². The molecular formula is C12H15ClFN3O2. The Balaban J connectivity index is 2.83. The first-order chi connectivity index (χ1) is 8.99. The van der Waals surface area contributed by atoms with E-state index < -0.39 is 5.82 Å². The lowest BCUT2D eigenvalue weighted by atomic mass is 10.1. The zero-order valence-electron chi connectivity index (χ0n) is 10.4. The van der Waals surface area contributed by atoms with Gasteiger partial charge in [0.1, 0.15) is 5.82 Å². The summed E-state index contributed by atoms with van der Waals surface area (Å²) in [5, 5.41) is 11.5. The van der Waals surface area contributed by atoms with E-state index in [1.807, 2.05) is 0 Å². The molecule has 0 atom stereocenters. The highest BCUT2D eigenvalue weighted by molar-refractivity contribution is 6.31. The quantitative estimate of drug-likeness (QED) is 0.374. The number of carbonyl (C=O) groups excluding carboxylic acids is 1. The van der Waals surface area contributed by atoms with E-state index in [9.17, 15) is 9.18 Å². The Hall–Kier alpha value is -1.82. The van der Waals surface area contributed by atoms with Gasteiger partial charge in [0, 0.05) is 17.1 Å². The lowest BCUT2D eigenvalue weighted by molar-refractivity contribution is -0.129. The molecule has 1 aromatic carbocycles. The number of carbonyl (C=O) groups is 1. The number of hydrogen-bond donors (Lipinski definition) is 2. The van der Waals surface area contributed by atoms with Crippen molar-refractivity contribution in [2.24, 2.45) is 10.9 Å². The second-order valence-electron chi connectivity index (χ2n) is 3.88. The van der Waals surface area contributed by atoms with Crippen molar-refractivity contribution in [2.75, 3.05) is 13.1 Å². The maximum absolute atomic E-state index is 13.6. The van der Waals surface area contributed by atoms with Gasteiger partial charge in [-0.05, 0) is 19.1 Å². The molecule has 0 saturated heterocycles. The molecule has 0 spiro atoms. The zero-order valence-corrected chi connectivity index (χ0v) is 11.2. The van der Waals surface area contributed by atoms with Gasteiger partial charge in [0.15, 0.2) is 5.84 Å². The molecule has 104 valence electrons. The number of halogens is 2. The van der Waals surface area contributed by atoms with Gasteiger partial charge in [-0.3, -0.25) is 4.79 Å². The summed E-state index contributed by atoms with van der Waals surface area (Å²) >= 11 is 5.86. The molecule has 0 aliphatic rings. The van der Waals surface area contributed by atoms with Gasteiger partial charge in [-0.15, -0.1) is 0 Å². The van der Waals surface area contributed by atoms with Crippen LogP contribution in [0.15, 0.2) is 23.4 Å². The smallest absolute Gasteiger partial charge is 0.227 e. The average molecular weight is 288 g/mol. The minimum absolute atomic E-state index is 0.0160. The fourth-order valence-corrected chi connectivity index (χ4v) is 1.80. The second kappa shape index (κ2) is 6.94. The molecule has 0 aliphatic carbocycles. The third-order valence-corrected chi connectivity index (χ3v) is 2.96. The van der Waals surface area contributed by atoms with Gasteiger partial charge in [-0.1, -0.05) is 22.8 Å². The molecule has 0 fully saturated rings. The third-order valence-electron chi connectivity index (χ3n) is 2.61. The number of likely N-dealkylation sites (N-methyl/N-ethyl adjacent to an activating group) is 1. The molecule has 0 unspecified atom stereocenters. The normalized spacial score (nSPS) is 11.4. The van der Waals surface area contributed by atoms with Crippen LogP contribution in [0.5, 0.6) is 0 Å². The van der Waals surface area contributed by atoms with Crippen LogP contribution in [-0.2, 0) is 11.2 Å². The summed E-state index contributed by atoms with van der Waals surface area (Å²) < 4.78 is 13.6. The van der Waals surface area contributed by atoms with Crippen molar-refractivity contribution in [3.05, 3.63) is 34.6 Å². The number of oxime groups is 1. The summed E-state index contributed by atoms with van der Waals surface area (Å²) in [5.74, 6) is -0.961. The largest absolute Gasteiger partial charge is 0.409 e. The number of hydrogen-bond acceptors (Lipinski definition) is 3. The van der Waals surface area contributed by atoms with Crippen LogP contribution in [-0.4, -0.2) is 34.9 Å². The summed E-state index contributed by atoms with van der Waals surface area (Å²) in [6, 6.07) is 4.24. The predicted molar refractivity (Wildman–Crippen MR) is 70.8 cm³/mol. The summed E-state index contributed by atoms with van der Waals surface area (Å²) in [4.78, 5) is 13.4. The monoisotopic (exact) mass is 287 g/mol. The minimum atomic E-state index is -0.527. The lowest BCUT2D eigenvalue weighted by Crippen LogP contribution is -2.39. The molecule has 3 N–H and O–H groups in total. The predicted octanol–water partition coefficient (Wildman–Crippen LogP) is 1.62. The van der Waals surface area contributed by atoms with Gasteiger partial charge >= 0.3 is 0 Å². The van der Waals surface area contributed by atoms with Crippen LogP contribution >= 0.6 is 11.6 Å². The van der Waals surface area contributed by atoms with Gasteiger partial charge in [-0.2, -0.15) is 0 Å². The third kappa shape index (κ3) is 4.10. The highest BCUT2D eigenvalue weighted by Crippen LogP contribution is 2.20. The van der Waals surface area contributed by atoms with E-state index in [-0.39, 0.29) is 35.3 Å². The van der Waals surface area contributed by atoms with Gasteiger partial charge in [0.2, 0.25) is 5.91 Å². The Morgan fingerprint density at radius 3 is 2.79 bits per heavy atom. The highest BCUT2D eigenvalue weighted by Gasteiger charge is 2.17. The van der Waals surface area contributed by atoms with Gasteiger partial charge < -0.3 is 15.8 Å². The molecule has 5 nitrogen and oxygen atoms in total. The fraction of sp³-hybridized carbons (Fsp3) is 0.333. The number of nitrogens with two attached hydrogens (primary N) is 1. The van der Waals surface area contributed by atoms with Crippen molar-refractivity contribution >= 4 is 23.3 Å². The summed E-state index contributed by atoms with van der Waals surface area (Å²) in [6.45, 7) is 2.09. The Morgan fingerprint density at radius 1 is 1.58 bits per heavy atom. The SMILES string of the molecule is CCN(CC(N)=NO)C(=O)Cc1c(F)cccc1Cl. The van der Waals surface area contributed by atoms with Crippen LogP contribution in [0.25, 0.3) is 0 Å². The van der Waals surface area contributed by atoms with E-state index in [2.05, 4.69) is 5.16 Å². The number of benzene rings is 1. The molecule has 0 heterocycles. The van der Waals surface area contributed by atoms with Gasteiger partial charge in [0.25, 0.3) is 0 Å². The van der Waals surface area contributed by atoms with Crippen LogP contribution in [0.4, 0.5) is 4.39 Å². The number of amidine groups is 1. The van der Waals surface area contributed by atoms with E-state index >= 15 is 0 Å². The van der Waals surface area contributed by atoms with Crippen molar-refractivity contribution in [3.8, 4) is 0 Å². The Bertz CT molecular complexity index is 474. The van der Waals surface area contributed by atoms with Crippen LogP contribution in [0.1, 0.15) is 12.5 Å². The fourth-order valence-electron chi connectivity index (χ4n) is 1.57. The molecule has 1 aromatic rings. The average Bonchev–Trinajstić information content (AvgIpc) is 2.39. The van der Waals surface area contributed by atoms with E-state index in [0.717, 1.165) is 0 Å². The van der Waals surface area contributed by atoms with E-state index in [0.29, 0.717) is 6.54 Å². The first-order valence-corrected chi connectivity index (χ1v) is 6.04. The molecule has 0 aliphatic heterocycles. The summed E-state index contributed by atoms with van der Waals surface area (Å²) in [5.41, 5.74) is 5.49. The molecule has 0 saturated carbocycles. The molecule has 0 bridgehead atoms. The van der Waals surface area contributed by atoms with E-state index in [4.69, 9.17) is 22.5 Å². The van der Waals surface area contributed by atoms with Crippen molar-refractivity contribution in [2.45, 2.75) is 13.3 Å². The summed E-state index contributed by atoms with van der Waals surface area (Å²) in [6.07, 6.45) is -0.169. The highest BCUT2D eigenvalue weighted by atomic mass is 35.5. The first kappa shape index (κ1) is 15.2. The summed E-state index contributed by atoms with van der Waals surface area (Å²) in [7, 11) is 0. The second-order valence-corrected chi connectivity index (χ2v) is 4.28. The maximum Gasteiger partial charge on any atom is 0.227 e. The molecular weight excluding hydrogens is 273 g/mol. The van der Waals surface area contributed by atoms with Crippen molar-refractivity contribution in [1.82, 2.24) is 4.90 Å². The molecule has 19 heavy (non-hydrogen) atoms. The number of nitrogens with zero attached hydrogens (tertiary/aromatic N) is 2. The van der Waals surface area contributed by atoms with Crippen LogP contribution < -0.4 is 5.73 Å². The van der Waals surface area contributed by atoms with Gasteiger partial charge in [-0.25, -0.2) is 4.39 Å². The topological polar surface area (TPSA) is 78.9 Å². The lowest BCUT2D eigenvalue weighted by Gasteiger charge is -2.20. The standard InChI is InChI=1S/C12H15ClFN3O2/c1-2-17(7-11(15)16-19)12(18)6-8-9(13)4-3-5-10(8)14/h3-5,19H,2,6-7H2,1H3,(H2,15,16). The number of amides is 1. The maximum atomic E-state index is 13.6. The van der Waals surface area contributed by atoms with Gasteiger partial charge in [0.05, 0.1) is 13.0 Å². The number of rotatable bonds is 5. The van der Waals surface area contributed by atoms with Crippen molar-refractivity contribution in [1.29, 1.82) is 0 Å². The van der Waals surface area contributed by atoms with Crippen LogP contribution in [0.2, 0.25) is 5.02 Å². The molecule has 1 rings (SSSR count). The Labute approximate surface area is 115 Å². The molecule has 1 amide bonds. The van der Waals surface area contributed by atoms with Crippen molar-refractivity contribution < 1.29 is 14.4 Å². The minimum Gasteiger partial charge on any atom is -0.409 e. The Kier molecular flexibility index (Phi) is 5.57. The molecule has 0 aromatic heterocycles. The molecule has 0 radical (unpaired) electrons. The van der Waals surface area contributed by atoms with E-state index in [1.165, 1.54) is 23.1 Å². The zero-order chi connectivity index (χ0) is 14.4. The molecule has 7 heteroatoms. The van der Waals surface area contributed by atoms with E-state index in [1.54, 1.807) is 6.92 Å². The van der Waals surface area contributed by atoms with Crippen molar-refractivity contribution in [3.63, 3.8) is 0 Å². The first-order valence-electron chi connectivity index (χ1n) is 5.66. The Morgan fingerprint density at radius 2 is 2.26 bits per heavy atom. The van der Waals surface area contributed by atoms with Crippen LogP contribution in [0, 0.1) is 5.82 Å².